The summed E-state index contributed by atoms with van der Waals surface area (Å²) in [6.45, 7) is 0. The molecule has 0 unspecified atom stereocenters. The van der Waals surface area contributed by atoms with Gasteiger partial charge in [0.1, 0.15) is 0 Å². The maximum absolute atomic E-state index is 6.06. The van der Waals surface area contributed by atoms with Crippen molar-refractivity contribution < 1.29 is 0 Å². The number of halogens is 4. The third-order valence-electron chi connectivity index (χ3n) is 2.69. The maximum Gasteiger partial charge on any atom is 0.0649 e. The van der Waals surface area contributed by atoms with Crippen LogP contribution < -0.4 is 11.5 Å². The number of benzene rings is 2. The van der Waals surface area contributed by atoms with Crippen molar-refractivity contribution in [2.24, 2.45) is 0 Å². The second-order valence-electron chi connectivity index (χ2n) is 4.12. The van der Waals surface area contributed by atoms with E-state index in [4.69, 9.17) is 34.7 Å². The van der Waals surface area contributed by atoms with Crippen LogP contribution in [0.2, 0.25) is 10.0 Å². The van der Waals surface area contributed by atoms with Crippen LogP contribution in [0.1, 0.15) is 11.1 Å². The van der Waals surface area contributed by atoms with Crippen molar-refractivity contribution in [3.8, 4) is 0 Å². The van der Waals surface area contributed by atoms with E-state index in [0.29, 0.717) is 27.8 Å². The molecule has 0 radical (unpaired) electrons. The van der Waals surface area contributed by atoms with Crippen LogP contribution in [0.25, 0.3) is 0 Å². The van der Waals surface area contributed by atoms with Crippen LogP contribution >= 0.6 is 55.1 Å². The van der Waals surface area contributed by atoms with Crippen LogP contribution in [0.3, 0.4) is 0 Å². The molecule has 0 spiro atoms. The van der Waals surface area contributed by atoms with E-state index in [1.807, 2.05) is 24.3 Å². The lowest BCUT2D eigenvalue weighted by Crippen LogP contribution is -1.95. The molecule has 2 aromatic rings. The number of nitrogen functional groups attached to an aromatic ring is 2. The van der Waals surface area contributed by atoms with Crippen LogP contribution in [0, 0.1) is 0 Å². The van der Waals surface area contributed by atoms with Gasteiger partial charge in [-0.15, -0.1) is 0 Å². The van der Waals surface area contributed by atoms with Crippen molar-refractivity contribution in [1.29, 1.82) is 0 Å². The van der Waals surface area contributed by atoms with Crippen molar-refractivity contribution in [2.75, 3.05) is 11.5 Å². The van der Waals surface area contributed by atoms with Crippen molar-refractivity contribution in [2.45, 2.75) is 6.42 Å². The molecular weight excluding hydrogens is 415 g/mol. The molecule has 0 saturated heterocycles. The summed E-state index contributed by atoms with van der Waals surface area (Å²) < 4.78 is 1.58. The van der Waals surface area contributed by atoms with Gasteiger partial charge in [-0.2, -0.15) is 0 Å². The lowest BCUT2D eigenvalue weighted by atomic mass is 10.0. The minimum absolute atomic E-state index is 0.532. The topological polar surface area (TPSA) is 52.0 Å². The first-order chi connectivity index (χ1) is 8.88. The smallest absolute Gasteiger partial charge is 0.0649 e. The zero-order chi connectivity index (χ0) is 14.2. The van der Waals surface area contributed by atoms with Crippen molar-refractivity contribution in [3.05, 3.63) is 54.4 Å². The highest BCUT2D eigenvalue weighted by Gasteiger charge is 2.08. The van der Waals surface area contributed by atoms with Crippen LogP contribution in [-0.4, -0.2) is 0 Å². The predicted molar refractivity (Wildman–Crippen MR) is 89.9 cm³/mol. The molecule has 6 heteroatoms. The molecule has 0 aliphatic heterocycles. The van der Waals surface area contributed by atoms with E-state index >= 15 is 0 Å². The van der Waals surface area contributed by atoms with Gasteiger partial charge in [0.25, 0.3) is 0 Å². The Kier molecular flexibility index (Phi) is 4.66. The highest BCUT2D eigenvalue weighted by molar-refractivity contribution is 9.11. The monoisotopic (exact) mass is 422 g/mol. The van der Waals surface area contributed by atoms with Gasteiger partial charge in [0, 0.05) is 8.95 Å². The van der Waals surface area contributed by atoms with Gasteiger partial charge in [-0.1, -0.05) is 23.2 Å². The van der Waals surface area contributed by atoms with E-state index in [1.54, 1.807) is 0 Å². The van der Waals surface area contributed by atoms with Gasteiger partial charge in [0.15, 0.2) is 0 Å². The Morgan fingerprint density at radius 2 is 1.16 bits per heavy atom. The summed E-state index contributed by atoms with van der Waals surface area (Å²) in [5, 5.41) is 1.06. The van der Waals surface area contributed by atoms with Gasteiger partial charge >= 0.3 is 0 Å². The molecule has 2 aromatic carbocycles. The molecule has 0 aromatic heterocycles. The SMILES string of the molecule is Nc1c(Cl)cc(Cc2cc(Cl)c(N)c(Br)c2)cc1Br. The molecule has 0 aliphatic carbocycles. The third kappa shape index (κ3) is 3.37. The van der Waals surface area contributed by atoms with E-state index in [1.165, 1.54) is 0 Å². The standard InChI is InChI=1S/C13H10Br2Cl2N2/c14-8-2-6(4-10(16)12(8)18)1-7-3-9(15)13(19)11(17)5-7/h2-5H,1,18-19H2. The van der Waals surface area contributed by atoms with Gasteiger partial charge in [-0.3, -0.25) is 0 Å². The number of hydrogen-bond donors (Lipinski definition) is 2. The summed E-state index contributed by atoms with van der Waals surface area (Å²) >= 11 is 18.9. The van der Waals surface area contributed by atoms with Gasteiger partial charge in [-0.05, 0) is 73.7 Å². The molecule has 0 aliphatic rings. The summed E-state index contributed by atoms with van der Waals surface area (Å²) in [4.78, 5) is 0. The molecule has 0 saturated carbocycles. The fourth-order valence-corrected chi connectivity index (χ4v) is 3.44. The van der Waals surface area contributed by atoms with E-state index in [2.05, 4.69) is 31.9 Å². The Labute approximate surface area is 138 Å². The quantitative estimate of drug-likeness (QED) is 0.645. The molecule has 0 heterocycles. The highest BCUT2D eigenvalue weighted by Crippen LogP contribution is 2.33. The molecule has 0 fully saturated rings. The van der Waals surface area contributed by atoms with Crippen LogP contribution in [0.5, 0.6) is 0 Å². The predicted octanol–water partition coefficient (Wildman–Crippen LogP) is 5.27. The Morgan fingerprint density at radius 3 is 1.47 bits per heavy atom. The summed E-state index contributed by atoms with van der Waals surface area (Å²) in [6.07, 6.45) is 0.692. The van der Waals surface area contributed by atoms with Crippen molar-refractivity contribution in [1.82, 2.24) is 0 Å². The lowest BCUT2D eigenvalue weighted by molar-refractivity contribution is 1.19. The summed E-state index contributed by atoms with van der Waals surface area (Å²) in [7, 11) is 0. The van der Waals surface area contributed by atoms with Crippen molar-refractivity contribution >= 4 is 66.4 Å². The largest absolute Gasteiger partial charge is 0.397 e. The lowest BCUT2D eigenvalue weighted by Gasteiger charge is -2.09. The number of hydrogen-bond acceptors (Lipinski definition) is 2. The second-order valence-corrected chi connectivity index (χ2v) is 6.65. The molecule has 0 atom stereocenters. The van der Waals surface area contributed by atoms with Gasteiger partial charge in [0.2, 0.25) is 0 Å². The van der Waals surface area contributed by atoms with E-state index in [-0.39, 0.29) is 0 Å². The Hall–Kier alpha value is -0.420. The van der Waals surface area contributed by atoms with E-state index < -0.39 is 0 Å². The summed E-state index contributed by atoms with van der Waals surface area (Å²) in [5.74, 6) is 0. The first kappa shape index (κ1) is 15.0. The average Bonchev–Trinajstić information content (AvgIpc) is 2.33. The highest BCUT2D eigenvalue weighted by atomic mass is 79.9. The Balaban J connectivity index is 2.36. The van der Waals surface area contributed by atoms with Gasteiger partial charge < -0.3 is 11.5 Å². The van der Waals surface area contributed by atoms with Crippen LogP contribution in [-0.2, 0) is 6.42 Å². The zero-order valence-electron chi connectivity index (χ0n) is 9.68. The molecular formula is C13H10Br2Cl2N2. The zero-order valence-corrected chi connectivity index (χ0v) is 14.4. The van der Waals surface area contributed by atoms with Gasteiger partial charge in [-0.25, -0.2) is 0 Å². The van der Waals surface area contributed by atoms with Gasteiger partial charge in [0.05, 0.1) is 21.4 Å². The number of nitrogens with two attached hydrogens (primary N) is 2. The van der Waals surface area contributed by atoms with E-state index in [9.17, 15) is 0 Å². The third-order valence-corrected chi connectivity index (χ3v) is 4.62. The molecule has 4 N–H and O–H groups in total. The number of anilines is 2. The minimum Gasteiger partial charge on any atom is -0.397 e. The first-order valence-corrected chi connectivity index (χ1v) is 7.69. The first-order valence-electron chi connectivity index (χ1n) is 5.35. The fourth-order valence-electron chi connectivity index (χ4n) is 1.71. The molecule has 2 nitrogen and oxygen atoms in total. The fraction of sp³-hybridized carbons (Fsp3) is 0.0769. The van der Waals surface area contributed by atoms with Crippen molar-refractivity contribution in [3.63, 3.8) is 0 Å². The Morgan fingerprint density at radius 1 is 0.789 bits per heavy atom. The molecule has 0 bridgehead atoms. The summed E-state index contributed by atoms with van der Waals surface area (Å²) in [5.41, 5.74) is 14.7. The number of rotatable bonds is 2. The molecule has 19 heavy (non-hydrogen) atoms. The normalized spacial score (nSPS) is 10.7. The molecule has 100 valence electrons. The Bertz CT molecular complexity index is 543. The minimum atomic E-state index is 0.532. The molecule has 0 amide bonds. The second kappa shape index (κ2) is 5.92. The van der Waals surface area contributed by atoms with Crippen LogP contribution in [0.15, 0.2) is 33.2 Å². The molecule has 2 rings (SSSR count). The van der Waals surface area contributed by atoms with E-state index in [0.717, 1.165) is 20.1 Å². The van der Waals surface area contributed by atoms with Crippen LogP contribution in [0.4, 0.5) is 11.4 Å². The summed E-state index contributed by atoms with van der Waals surface area (Å²) in [6, 6.07) is 7.58. The average molecular weight is 425 g/mol. The maximum atomic E-state index is 6.06.